The molecule has 3 aliphatic heterocycles. The molecule has 4 aromatic rings. The molecule has 0 saturated heterocycles. The molecule has 0 aromatic carbocycles. The van der Waals surface area contributed by atoms with E-state index < -0.39 is 34.8 Å². The van der Waals surface area contributed by atoms with Crippen molar-refractivity contribution in [2.75, 3.05) is 0 Å². The molecule has 7 heterocycles. The fourth-order valence-corrected chi connectivity index (χ4v) is 5.79. The fourth-order valence-electron chi connectivity index (χ4n) is 5.79. The average molecular weight is 455 g/mol. The summed E-state index contributed by atoms with van der Waals surface area (Å²) in [5.41, 5.74) is -1.08. The van der Waals surface area contributed by atoms with Crippen LogP contribution >= 0.6 is 0 Å². The third-order valence-corrected chi connectivity index (χ3v) is 7.02. The predicted molar refractivity (Wildman–Crippen MR) is 102 cm³/mol. The standard InChI is InChI=1S/C23H14F5N5/c1-21(2)14-6-3-5-12-18-11(9-16(24)30-19(18)25)22(32(12)14)20-29-13(23(26,27)28)10-31(20)17-8-4-7-15(21)33(17)22/h3-10H,1-2H3/q+2/t22-/m0/s1. The zero-order valence-corrected chi connectivity index (χ0v) is 17.2. The van der Waals surface area contributed by atoms with E-state index in [1.165, 1.54) is 4.57 Å². The third kappa shape index (κ3) is 1.87. The van der Waals surface area contributed by atoms with E-state index in [1.54, 1.807) is 28.8 Å². The van der Waals surface area contributed by atoms with Crippen LogP contribution < -0.4 is 9.13 Å². The summed E-state index contributed by atoms with van der Waals surface area (Å²) in [7, 11) is 0. The van der Waals surface area contributed by atoms with Gasteiger partial charge in [-0.3, -0.25) is 0 Å². The number of imidazole rings is 1. The zero-order valence-electron chi connectivity index (χ0n) is 17.2. The second-order valence-corrected chi connectivity index (χ2v) is 9.01. The van der Waals surface area contributed by atoms with E-state index in [0.29, 0.717) is 11.5 Å². The van der Waals surface area contributed by atoms with Crippen LogP contribution in [0.4, 0.5) is 22.0 Å². The Labute approximate surface area is 183 Å². The predicted octanol–water partition coefficient (Wildman–Crippen LogP) is 3.37. The molecule has 1 spiro atoms. The minimum absolute atomic E-state index is 0.0141. The van der Waals surface area contributed by atoms with Crippen molar-refractivity contribution in [1.82, 2.24) is 14.5 Å². The monoisotopic (exact) mass is 455 g/mol. The molecule has 0 fully saturated rings. The molecule has 0 unspecified atom stereocenters. The maximum atomic E-state index is 15.2. The number of pyridine rings is 3. The number of aromatic nitrogens is 5. The van der Waals surface area contributed by atoms with Crippen LogP contribution in [0.25, 0.3) is 17.1 Å². The van der Waals surface area contributed by atoms with E-state index >= 15 is 4.39 Å². The van der Waals surface area contributed by atoms with E-state index in [-0.39, 0.29) is 17.0 Å². The van der Waals surface area contributed by atoms with Crippen LogP contribution in [0.5, 0.6) is 0 Å². The van der Waals surface area contributed by atoms with Gasteiger partial charge in [0.15, 0.2) is 5.69 Å². The molecule has 0 saturated carbocycles. The first-order chi connectivity index (χ1) is 15.6. The van der Waals surface area contributed by atoms with Gasteiger partial charge in [0.1, 0.15) is 28.4 Å². The van der Waals surface area contributed by atoms with Gasteiger partial charge in [-0.05, 0) is 26.0 Å². The lowest BCUT2D eigenvalue weighted by Gasteiger charge is -2.33. The Morgan fingerprint density at radius 1 is 0.939 bits per heavy atom. The first kappa shape index (κ1) is 18.8. The zero-order chi connectivity index (χ0) is 23.1. The van der Waals surface area contributed by atoms with Gasteiger partial charge in [0.25, 0.3) is 5.82 Å². The average Bonchev–Trinajstić information content (AvgIpc) is 3.38. The Kier molecular flexibility index (Phi) is 3.01. The third-order valence-electron chi connectivity index (χ3n) is 7.02. The summed E-state index contributed by atoms with van der Waals surface area (Å²) in [5.74, 6) is -1.63. The van der Waals surface area contributed by atoms with E-state index in [2.05, 4.69) is 9.97 Å². The topological polar surface area (TPSA) is 38.5 Å². The summed E-state index contributed by atoms with van der Waals surface area (Å²) in [6.45, 7) is 3.98. The second kappa shape index (κ2) is 5.27. The Balaban J connectivity index is 1.77. The van der Waals surface area contributed by atoms with Crippen molar-refractivity contribution >= 4 is 0 Å². The van der Waals surface area contributed by atoms with Gasteiger partial charge in [-0.15, -0.1) is 4.57 Å². The molecule has 0 N–H and O–H groups in total. The van der Waals surface area contributed by atoms with E-state index in [9.17, 15) is 17.6 Å². The summed E-state index contributed by atoms with van der Waals surface area (Å²) in [6, 6.07) is 11.7. The number of hydrogen-bond donors (Lipinski definition) is 0. The molecular formula is C23H14F5N5+2. The second-order valence-electron chi connectivity index (χ2n) is 9.01. The van der Waals surface area contributed by atoms with E-state index in [1.807, 2.05) is 30.5 Å². The number of nitrogens with zero attached hydrogens (tertiary/aromatic N) is 5. The number of hydrogen-bond acceptors (Lipinski definition) is 2. The molecule has 0 bridgehead atoms. The minimum Gasteiger partial charge on any atom is -0.194 e. The largest absolute Gasteiger partial charge is 0.437 e. The maximum Gasteiger partial charge on any atom is 0.437 e. The molecule has 0 amide bonds. The molecule has 7 rings (SSSR count). The highest BCUT2D eigenvalue weighted by molar-refractivity contribution is 5.67. The Bertz CT molecular complexity index is 1570. The lowest BCUT2D eigenvalue weighted by molar-refractivity contribution is -0.973. The molecule has 33 heavy (non-hydrogen) atoms. The number of rotatable bonds is 0. The molecule has 10 heteroatoms. The van der Waals surface area contributed by atoms with E-state index in [4.69, 9.17) is 0 Å². The first-order valence-electron chi connectivity index (χ1n) is 10.2. The molecule has 0 aliphatic carbocycles. The molecule has 3 aliphatic rings. The maximum absolute atomic E-state index is 15.2. The molecule has 5 nitrogen and oxygen atoms in total. The van der Waals surface area contributed by atoms with Gasteiger partial charge in [0, 0.05) is 24.3 Å². The van der Waals surface area contributed by atoms with Crippen LogP contribution in [0, 0.1) is 11.9 Å². The SMILES string of the molecule is CC1(C)c2cccc3[n+]2[C@]2(c4cc(F)nc(F)c4-3)c3nc(C(F)(F)F)cn3-c3cccc1[n+]32. The van der Waals surface area contributed by atoms with Crippen molar-refractivity contribution in [3.8, 4) is 17.1 Å². The molecule has 0 radical (unpaired) electrons. The van der Waals surface area contributed by atoms with Crippen molar-refractivity contribution in [2.24, 2.45) is 0 Å². The highest BCUT2D eigenvalue weighted by Crippen LogP contribution is 2.49. The van der Waals surface area contributed by atoms with Crippen LogP contribution in [0.2, 0.25) is 0 Å². The summed E-state index contributed by atoms with van der Waals surface area (Å²) in [6.07, 6.45) is -3.75. The van der Waals surface area contributed by atoms with Gasteiger partial charge >= 0.3 is 17.7 Å². The number of halogens is 5. The number of alkyl halides is 3. The van der Waals surface area contributed by atoms with Crippen molar-refractivity contribution in [3.05, 3.63) is 89.0 Å². The fraction of sp³-hybridized carbons (Fsp3) is 0.217. The van der Waals surface area contributed by atoms with Gasteiger partial charge in [0.2, 0.25) is 23.3 Å². The lowest BCUT2D eigenvalue weighted by atomic mass is 9.80. The highest BCUT2D eigenvalue weighted by atomic mass is 19.4. The normalized spacial score (nSPS) is 20.3. The highest BCUT2D eigenvalue weighted by Gasteiger charge is 2.74. The van der Waals surface area contributed by atoms with Crippen LogP contribution in [0.1, 0.15) is 42.3 Å². The van der Waals surface area contributed by atoms with Crippen molar-refractivity contribution in [2.45, 2.75) is 31.1 Å². The van der Waals surface area contributed by atoms with Crippen molar-refractivity contribution < 1.29 is 31.1 Å². The first-order valence-corrected chi connectivity index (χ1v) is 10.2. The Hall–Kier alpha value is -3.69. The summed E-state index contributed by atoms with van der Waals surface area (Å²) in [4.78, 5) is 7.39. The quantitative estimate of drug-likeness (QED) is 0.200. The summed E-state index contributed by atoms with van der Waals surface area (Å²) >= 11 is 0. The van der Waals surface area contributed by atoms with Gasteiger partial charge in [-0.1, -0.05) is 6.07 Å². The molecule has 164 valence electrons. The van der Waals surface area contributed by atoms with Gasteiger partial charge in [0.05, 0.1) is 0 Å². The number of fused-ring (bicyclic) bond motifs is 4. The molecule has 1 atom stereocenters. The van der Waals surface area contributed by atoms with Crippen LogP contribution in [-0.4, -0.2) is 14.5 Å². The summed E-state index contributed by atoms with van der Waals surface area (Å²) in [5, 5.41) is 0. The smallest absolute Gasteiger partial charge is 0.194 e. The van der Waals surface area contributed by atoms with Crippen molar-refractivity contribution in [1.29, 1.82) is 0 Å². The van der Waals surface area contributed by atoms with Gasteiger partial charge in [-0.25, -0.2) is 0 Å². The lowest BCUT2D eigenvalue weighted by Crippen LogP contribution is -2.79. The van der Waals surface area contributed by atoms with Gasteiger partial charge < -0.3 is 0 Å². The van der Waals surface area contributed by atoms with Crippen molar-refractivity contribution in [3.63, 3.8) is 0 Å². The van der Waals surface area contributed by atoms with Gasteiger partial charge in [-0.2, -0.15) is 41.1 Å². The van der Waals surface area contributed by atoms with E-state index in [0.717, 1.165) is 23.7 Å². The summed E-state index contributed by atoms with van der Waals surface area (Å²) < 4.78 is 75.8. The van der Waals surface area contributed by atoms with Crippen LogP contribution in [-0.2, 0) is 17.3 Å². The minimum atomic E-state index is -4.69. The van der Waals surface area contributed by atoms with Crippen LogP contribution in [0.3, 0.4) is 0 Å². The molecule has 4 aromatic heterocycles. The Morgan fingerprint density at radius 3 is 2.36 bits per heavy atom. The Morgan fingerprint density at radius 2 is 1.64 bits per heavy atom. The van der Waals surface area contributed by atoms with Crippen LogP contribution in [0.15, 0.2) is 48.7 Å². The molecular weight excluding hydrogens is 441 g/mol.